The first-order valence-electron chi connectivity index (χ1n) is 15.2. The van der Waals surface area contributed by atoms with E-state index in [1.54, 1.807) is 89.6 Å². The van der Waals surface area contributed by atoms with Crippen LogP contribution in [0.4, 0.5) is 10.5 Å². The van der Waals surface area contributed by atoms with Gasteiger partial charge in [0.05, 0.1) is 26.7 Å². The lowest BCUT2D eigenvalue weighted by Crippen LogP contribution is -2.27. The summed E-state index contributed by atoms with van der Waals surface area (Å²) in [5, 5.41) is 3.49. The molecule has 10 heteroatoms. The molecule has 1 amide bonds. The van der Waals surface area contributed by atoms with E-state index in [1.807, 2.05) is 37.3 Å². The Bertz CT molecular complexity index is 2000. The first kappa shape index (κ1) is 33.6. The second kappa shape index (κ2) is 13.9. The van der Waals surface area contributed by atoms with Crippen LogP contribution in [0.5, 0.6) is 17.2 Å². The minimum atomic E-state index is -0.733. The predicted octanol–water partition coefficient (Wildman–Crippen LogP) is 7.70. The topological polar surface area (TPSA) is 114 Å². The highest BCUT2D eigenvalue weighted by atomic mass is 16.6. The Balaban J connectivity index is 1.75. The molecule has 0 saturated heterocycles. The standard InChI is InChI=1S/C38H38N2O8/c1-23-31(44-5)19-25(20-32(23)45-6)33-29-18-17-28(47-22-24-11-9-8-10-12-24)21-30(29)35(41)40(34(33)36(42)46-7)27-15-13-26(14-16-27)39-37(43)48-38(2,3)4/h8-21H,22H2,1-7H3,(H,39,43). The second-order valence-electron chi connectivity index (χ2n) is 12.0. The molecular formula is C38H38N2O8. The zero-order valence-electron chi connectivity index (χ0n) is 28.0. The Kier molecular flexibility index (Phi) is 9.74. The summed E-state index contributed by atoms with van der Waals surface area (Å²) < 4.78 is 29.4. The summed E-state index contributed by atoms with van der Waals surface area (Å²) in [6.45, 7) is 7.47. The van der Waals surface area contributed by atoms with Crippen LogP contribution in [-0.4, -0.2) is 43.6 Å². The molecule has 0 aliphatic heterocycles. The van der Waals surface area contributed by atoms with Gasteiger partial charge in [0.15, 0.2) is 0 Å². The van der Waals surface area contributed by atoms with Crippen molar-refractivity contribution in [1.82, 2.24) is 4.57 Å². The Labute approximate surface area is 278 Å². The van der Waals surface area contributed by atoms with Crippen molar-refractivity contribution in [3.63, 3.8) is 0 Å². The third kappa shape index (κ3) is 7.12. The summed E-state index contributed by atoms with van der Waals surface area (Å²) in [6, 6.07) is 25.0. The van der Waals surface area contributed by atoms with Crippen molar-refractivity contribution in [2.45, 2.75) is 39.9 Å². The average Bonchev–Trinajstić information content (AvgIpc) is 3.07. The van der Waals surface area contributed by atoms with Crippen LogP contribution >= 0.6 is 0 Å². The highest BCUT2D eigenvalue weighted by molar-refractivity contribution is 6.07. The molecule has 48 heavy (non-hydrogen) atoms. The van der Waals surface area contributed by atoms with Gasteiger partial charge in [-0.3, -0.25) is 14.7 Å². The van der Waals surface area contributed by atoms with Crippen molar-refractivity contribution < 1.29 is 33.3 Å². The van der Waals surface area contributed by atoms with Crippen molar-refractivity contribution in [3.8, 4) is 34.1 Å². The molecule has 0 saturated carbocycles. The normalized spacial score (nSPS) is 11.1. The fourth-order valence-electron chi connectivity index (χ4n) is 5.38. The number of methoxy groups -OCH3 is 3. The van der Waals surface area contributed by atoms with E-state index in [-0.39, 0.29) is 5.69 Å². The number of aromatic nitrogens is 1. The molecule has 0 unspecified atom stereocenters. The Morgan fingerprint density at radius 1 is 0.812 bits per heavy atom. The lowest BCUT2D eigenvalue weighted by Gasteiger charge is -2.21. The number of benzene rings is 4. The SMILES string of the molecule is COC(=O)c1c(-c2cc(OC)c(C)c(OC)c2)c2ccc(OCc3ccccc3)cc2c(=O)n1-c1ccc(NC(=O)OC(C)(C)C)cc1. The van der Waals surface area contributed by atoms with Crippen LogP contribution in [-0.2, 0) is 16.1 Å². The number of esters is 1. The zero-order chi connectivity index (χ0) is 34.6. The number of pyridine rings is 1. The molecule has 0 aliphatic carbocycles. The Morgan fingerprint density at radius 3 is 2.04 bits per heavy atom. The molecule has 4 aromatic carbocycles. The molecule has 0 fully saturated rings. The summed E-state index contributed by atoms with van der Waals surface area (Å²) in [4.78, 5) is 40.6. The minimum Gasteiger partial charge on any atom is -0.496 e. The van der Waals surface area contributed by atoms with E-state index in [2.05, 4.69) is 5.32 Å². The Morgan fingerprint density at radius 2 is 1.46 bits per heavy atom. The number of rotatable bonds is 9. The van der Waals surface area contributed by atoms with Crippen LogP contribution in [0, 0.1) is 6.92 Å². The van der Waals surface area contributed by atoms with Gasteiger partial charge in [-0.1, -0.05) is 30.3 Å². The van der Waals surface area contributed by atoms with Gasteiger partial charge in [0, 0.05) is 22.5 Å². The number of fused-ring (bicyclic) bond motifs is 1. The molecule has 1 aromatic heterocycles. The van der Waals surface area contributed by atoms with Crippen LogP contribution in [0.1, 0.15) is 42.4 Å². The number of carbonyl (C=O) groups excluding carboxylic acids is 2. The van der Waals surface area contributed by atoms with Gasteiger partial charge in [0.2, 0.25) is 0 Å². The van der Waals surface area contributed by atoms with Crippen LogP contribution in [0.15, 0.2) is 89.7 Å². The van der Waals surface area contributed by atoms with E-state index in [4.69, 9.17) is 23.7 Å². The van der Waals surface area contributed by atoms with Crippen molar-refractivity contribution in [1.29, 1.82) is 0 Å². The largest absolute Gasteiger partial charge is 0.496 e. The number of hydrogen-bond donors (Lipinski definition) is 1. The summed E-state index contributed by atoms with van der Waals surface area (Å²) in [7, 11) is 4.36. The van der Waals surface area contributed by atoms with Crippen molar-refractivity contribution >= 4 is 28.5 Å². The van der Waals surface area contributed by atoms with Gasteiger partial charge in [0.25, 0.3) is 5.56 Å². The monoisotopic (exact) mass is 650 g/mol. The predicted molar refractivity (Wildman–Crippen MR) is 185 cm³/mol. The molecular weight excluding hydrogens is 612 g/mol. The van der Waals surface area contributed by atoms with Gasteiger partial charge in [-0.25, -0.2) is 9.59 Å². The number of amides is 1. The molecule has 1 heterocycles. The third-order valence-corrected chi connectivity index (χ3v) is 7.59. The Hall–Kier alpha value is -5.77. The number of carbonyl (C=O) groups is 2. The van der Waals surface area contributed by atoms with Gasteiger partial charge in [0.1, 0.15) is 35.2 Å². The number of nitrogens with zero attached hydrogens (tertiary/aromatic N) is 1. The molecule has 0 atom stereocenters. The number of anilines is 1. The average molecular weight is 651 g/mol. The van der Waals surface area contributed by atoms with Gasteiger partial charge < -0.3 is 23.7 Å². The van der Waals surface area contributed by atoms with Crippen molar-refractivity contribution in [3.05, 3.63) is 112 Å². The van der Waals surface area contributed by atoms with E-state index in [9.17, 15) is 14.4 Å². The van der Waals surface area contributed by atoms with E-state index < -0.39 is 23.2 Å². The number of ether oxygens (including phenoxy) is 5. The van der Waals surface area contributed by atoms with E-state index in [0.717, 1.165) is 11.1 Å². The van der Waals surface area contributed by atoms with Crippen molar-refractivity contribution in [2.75, 3.05) is 26.6 Å². The first-order chi connectivity index (χ1) is 22.9. The quantitative estimate of drug-likeness (QED) is 0.162. The van der Waals surface area contributed by atoms with Gasteiger partial charge in [-0.15, -0.1) is 0 Å². The maximum atomic E-state index is 14.5. The zero-order valence-corrected chi connectivity index (χ0v) is 28.0. The molecule has 0 bridgehead atoms. The summed E-state index contributed by atoms with van der Waals surface area (Å²) in [6.07, 6.45) is -0.624. The van der Waals surface area contributed by atoms with Gasteiger partial charge in [-0.2, -0.15) is 0 Å². The highest BCUT2D eigenvalue weighted by Crippen LogP contribution is 2.40. The highest BCUT2D eigenvalue weighted by Gasteiger charge is 2.27. The first-order valence-corrected chi connectivity index (χ1v) is 15.2. The molecule has 5 aromatic rings. The third-order valence-electron chi connectivity index (χ3n) is 7.59. The van der Waals surface area contributed by atoms with E-state index >= 15 is 0 Å². The van der Waals surface area contributed by atoms with Crippen LogP contribution < -0.4 is 25.1 Å². The molecule has 1 N–H and O–H groups in total. The van der Waals surface area contributed by atoms with Crippen molar-refractivity contribution in [2.24, 2.45) is 0 Å². The fourth-order valence-corrected chi connectivity index (χ4v) is 5.38. The summed E-state index contributed by atoms with van der Waals surface area (Å²) in [5.41, 5.74) is 2.37. The summed E-state index contributed by atoms with van der Waals surface area (Å²) >= 11 is 0. The second-order valence-corrected chi connectivity index (χ2v) is 12.0. The molecule has 0 aliphatic rings. The molecule has 10 nitrogen and oxygen atoms in total. The molecule has 5 rings (SSSR count). The maximum Gasteiger partial charge on any atom is 0.412 e. The van der Waals surface area contributed by atoms with Gasteiger partial charge in [-0.05, 0) is 98.8 Å². The lowest BCUT2D eigenvalue weighted by atomic mass is 9.94. The number of hydrogen-bond acceptors (Lipinski definition) is 8. The molecule has 0 radical (unpaired) electrons. The van der Waals surface area contributed by atoms with E-state index in [1.165, 1.54) is 11.7 Å². The van der Waals surface area contributed by atoms with E-state index in [0.29, 0.717) is 57.1 Å². The lowest BCUT2D eigenvalue weighted by molar-refractivity contribution is 0.0589. The smallest absolute Gasteiger partial charge is 0.412 e. The molecule has 0 spiro atoms. The maximum absolute atomic E-state index is 14.5. The minimum absolute atomic E-state index is 0.00577. The van der Waals surface area contributed by atoms with Gasteiger partial charge >= 0.3 is 12.1 Å². The summed E-state index contributed by atoms with van der Waals surface area (Å²) in [5.74, 6) is 0.809. The fraction of sp³-hybridized carbons (Fsp3) is 0.237. The number of nitrogens with one attached hydrogen (secondary N) is 1. The van der Waals surface area contributed by atoms with Crippen LogP contribution in [0.2, 0.25) is 0 Å². The molecule has 248 valence electrons. The van der Waals surface area contributed by atoms with Crippen LogP contribution in [0.25, 0.3) is 27.6 Å². The van der Waals surface area contributed by atoms with Crippen LogP contribution in [0.3, 0.4) is 0 Å².